The molecular formula is C8H12N4O2. The van der Waals surface area contributed by atoms with Crippen molar-refractivity contribution in [1.82, 2.24) is 9.97 Å². The molecule has 6 heteroatoms. The van der Waals surface area contributed by atoms with Gasteiger partial charge in [-0.1, -0.05) is 5.16 Å². The average molecular weight is 196 g/mol. The maximum atomic E-state index is 8.36. The molecule has 0 saturated carbocycles. The van der Waals surface area contributed by atoms with Crippen molar-refractivity contribution < 1.29 is 9.94 Å². The first kappa shape index (κ1) is 10.2. The van der Waals surface area contributed by atoms with E-state index in [0.29, 0.717) is 18.3 Å². The lowest BCUT2D eigenvalue weighted by atomic mass is 10.3. The Balaban J connectivity index is 2.73. The van der Waals surface area contributed by atoms with Gasteiger partial charge in [0.15, 0.2) is 0 Å². The van der Waals surface area contributed by atoms with Crippen molar-refractivity contribution in [2.24, 2.45) is 10.9 Å². The highest BCUT2D eigenvalue weighted by atomic mass is 16.5. The summed E-state index contributed by atoms with van der Waals surface area (Å²) >= 11 is 0. The Bertz CT molecular complexity index is 327. The van der Waals surface area contributed by atoms with E-state index >= 15 is 0 Å². The molecule has 1 aromatic rings. The lowest BCUT2D eigenvalue weighted by molar-refractivity contribution is 0.310. The van der Waals surface area contributed by atoms with E-state index in [-0.39, 0.29) is 12.3 Å². The monoisotopic (exact) mass is 196 g/mol. The summed E-state index contributed by atoms with van der Waals surface area (Å²) in [5.41, 5.74) is 5.98. The van der Waals surface area contributed by atoms with Gasteiger partial charge in [-0.25, -0.2) is 4.98 Å². The fourth-order valence-corrected chi connectivity index (χ4v) is 0.894. The predicted molar refractivity (Wildman–Crippen MR) is 50.3 cm³/mol. The molecule has 76 valence electrons. The van der Waals surface area contributed by atoms with Gasteiger partial charge in [0.1, 0.15) is 5.84 Å². The second kappa shape index (κ2) is 5.00. The van der Waals surface area contributed by atoms with Gasteiger partial charge in [-0.15, -0.1) is 0 Å². The molecule has 0 fully saturated rings. The Hall–Kier alpha value is -1.85. The summed E-state index contributed by atoms with van der Waals surface area (Å²) in [6.07, 6.45) is 1.84. The van der Waals surface area contributed by atoms with Crippen LogP contribution in [0.15, 0.2) is 17.4 Å². The van der Waals surface area contributed by atoms with Crippen LogP contribution >= 0.6 is 0 Å². The van der Waals surface area contributed by atoms with Gasteiger partial charge in [0, 0.05) is 6.20 Å². The molecule has 0 spiro atoms. The van der Waals surface area contributed by atoms with Crippen molar-refractivity contribution in [2.45, 2.75) is 13.3 Å². The first-order chi connectivity index (χ1) is 6.76. The molecule has 14 heavy (non-hydrogen) atoms. The lowest BCUT2D eigenvalue weighted by Gasteiger charge is -2.02. The van der Waals surface area contributed by atoms with Gasteiger partial charge in [-0.2, -0.15) is 4.98 Å². The van der Waals surface area contributed by atoms with Gasteiger partial charge in [0.2, 0.25) is 0 Å². The quantitative estimate of drug-likeness (QED) is 0.310. The van der Waals surface area contributed by atoms with Crippen LogP contribution in [0, 0.1) is 0 Å². The van der Waals surface area contributed by atoms with E-state index in [9.17, 15) is 0 Å². The van der Waals surface area contributed by atoms with Gasteiger partial charge >= 0.3 is 6.01 Å². The molecule has 0 bridgehead atoms. The van der Waals surface area contributed by atoms with Crippen molar-refractivity contribution in [2.75, 3.05) is 6.61 Å². The molecular weight excluding hydrogens is 184 g/mol. The second-order valence-corrected chi connectivity index (χ2v) is 2.53. The van der Waals surface area contributed by atoms with Crippen molar-refractivity contribution in [1.29, 1.82) is 0 Å². The molecule has 0 amide bonds. The van der Waals surface area contributed by atoms with E-state index in [1.807, 2.05) is 6.92 Å². The second-order valence-electron chi connectivity index (χ2n) is 2.53. The van der Waals surface area contributed by atoms with Gasteiger partial charge in [0.05, 0.1) is 18.7 Å². The minimum Gasteiger partial charge on any atom is -0.464 e. The number of ether oxygens (including phenoxy) is 1. The zero-order valence-corrected chi connectivity index (χ0v) is 7.84. The van der Waals surface area contributed by atoms with Crippen LogP contribution in [0.3, 0.4) is 0 Å². The molecule has 0 aliphatic carbocycles. The molecule has 0 aromatic carbocycles. The fourth-order valence-electron chi connectivity index (χ4n) is 0.894. The Morgan fingerprint density at radius 2 is 2.50 bits per heavy atom. The van der Waals surface area contributed by atoms with Crippen molar-refractivity contribution in [3.05, 3.63) is 18.0 Å². The van der Waals surface area contributed by atoms with E-state index in [4.69, 9.17) is 15.7 Å². The summed E-state index contributed by atoms with van der Waals surface area (Å²) in [6.45, 7) is 2.35. The van der Waals surface area contributed by atoms with Crippen LogP contribution in [0.5, 0.6) is 6.01 Å². The molecule has 0 atom stereocenters. The van der Waals surface area contributed by atoms with Crippen LogP contribution in [-0.4, -0.2) is 27.6 Å². The number of oxime groups is 1. The zero-order valence-electron chi connectivity index (χ0n) is 7.84. The number of rotatable bonds is 4. The number of nitrogens with two attached hydrogens (primary N) is 1. The highest BCUT2D eigenvalue weighted by molar-refractivity contribution is 5.81. The molecule has 1 aromatic heterocycles. The van der Waals surface area contributed by atoms with E-state index in [1.54, 1.807) is 12.3 Å². The first-order valence-corrected chi connectivity index (χ1v) is 4.17. The molecule has 1 rings (SSSR count). The highest BCUT2D eigenvalue weighted by Crippen LogP contribution is 2.03. The SMILES string of the molecule is CCOc1nccc(C/C(N)=N/O)n1. The largest absolute Gasteiger partial charge is 0.464 e. The first-order valence-electron chi connectivity index (χ1n) is 4.17. The maximum absolute atomic E-state index is 8.36. The molecule has 1 heterocycles. The smallest absolute Gasteiger partial charge is 0.316 e. The summed E-state index contributed by atoms with van der Waals surface area (Å²) in [4.78, 5) is 7.93. The predicted octanol–water partition coefficient (Wildman–Crippen LogP) is 0.164. The Morgan fingerprint density at radius 3 is 3.14 bits per heavy atom. The van der Waals surface area contributed by atoms with Crippen LogP contribution in [0.2, 0.25) is 0 Å². The molecule has 0 radical (unpaired) electrons. The molecule has 0 unspecified atom stereocenters. The van der Waals surface area contributed by atoms with Crippen molar-refractivity contribution in [3.63, 3.8) is 0 Å². The van der Waals surface area contributed by atoms with Gasteiger partial charge in [-0.05, 0) is 13.0 Å². The summed E-state index contributed by atoms with van der Waals surface area (Å²) in [6, 6.07) is 1.98. The van der Waals surface area contributed by atoms with E-state index in [1.165, 1.54) is 0 Å². The number of hydrogen-bond donors (Lipinski definition) is 2. The number of hydrogen-bond acceptors (Lipinski definition) is 5. The molecule has 0 saturated heterocycles. The normalized spacial score (nSPS) is 11.4. The van der Waals surface area contributed by atoms with Gasteiger partial charge < -0.3 is 15.7 Å². The van der Waals surface area contributed by atoms with Crippen LogP contribution < -0.4 is 10.5 Å². The molecule has 6 nitrogen and oxygen atoms in total. The standard InChI is InChI=1S/C8H12N4O2/c1-2-14-8-10-4-3-6(11-8)5-7(9)12-13/h3-4,13H,2,5H2,1H3,(H2,9,12). The summed E-state index contributed by atoms with van der Waals surface area (Å²) in [5.74, 6) is 0.103. The topological polar surface area (TPSA) is 93.6 Å². The van der Waals surface area contributed by atoms with Crippen LogP contribution in [0.25, 0.3) is 0 Å². The van der Waals surface area contributed by atoms with Crippen LogP contribution in [0.1, 0.15) is 12.6 Å². The Morgan fingerprint density at radius 1 is 1.71 bits per heavy atom. The Labute approximate surface area is 81.4 Å². The third-order valence-electron chi connectivity index (χ3n) is 1.46. The van der Waals surface area contributed by atoms with E-state index < -0.39 is 0 Å². The van der Waals surface area contributed by atoms with Crippen molar-refractivity contribution >= 4 is 5.84 Å². The third kappa shape index (κ3) is 2.89. The number of nitrogens with zero attached hydrogens (tertiary/aromatic N) is 3. The van der Waals surface area contributed by atoms with E-state index in [2.05, 4.69) is 15.1 Å². The summed E-state index contributed by atoms with van der Waals surface area (Å²) in [7, 11) is 0. The average Bonchev–Trinajstić information content (AvgIpc) is 2.19. The van der Waals surface area contributed by atoms with Crippen LogP contribution in [-0.2, 0) is 6.42 Å². The minimum atomic E-state index is 0.103. The Kier molecular flexibility index (Phi) is 3.66. The number of amidine groups is 1. The fraction of sp³-hybridized carbons (Fsp3) is 0.375. The zero-order chi connectivity index (χ0) is 10.4. The van der Waals surface area contributed by atoms with Crippen LogP contribution in [0.4, 0.5) is 0 Å². The summed E-state index contributed by atoms with van der Waals surface area (Å²) in [5, 5.41) is 11.2. The molecule has 3 N–H and O–H groups in total. The number of aromatic nitrogens is 2. The van der Waals surface area contributed by atoms with Gasteiger partial charge in [-0.3, -0.25) is 0 Å². The third-order valence-corrected chi connectivity index (χ3v) is 1.46. The lowest BCUT2D eigenvalue weighted by Crippen LogP contribution is -2.15. The molecule has 0 aliphatic heterocycles. The maximum Gasteiger partial charge on any atom is 0.316 e. The van der Waals surface area contributed by atoms with Crippen molar-refractivity contribution in [3.8, 4) is 6.01 Å². The highest BCUT2D eigenvalue weighted by Gasteiger charge is 2.01. The van der Waals surface area contributed by atoms with Gasteiger partial charge in [0.25, 0.3) is 0 Å². The summed E-state index contributed by atoms with van der Waals surface area (Å²) < 4.78 is 5.10. The van der Waals surface area contributed by atoms with E-state index in [0.717, 1.165) is 0 Å². The minimum absolute atomic E-state index is 0.103. The molecule has 0 aliphatic rings.